The van der Waals surface area contributed by atoms with Gasteiger partial charge in [-0.15, -0.1) is 0 Å². The molecule has 98 valence electrons. The Morgan fingerprint density at radius 3 is 3.05 bits per heavy atom. The van der Waals surface area contributed by atoms with Crippen LogP contribution in [-0.4, -0.2) is 29.3 Å². The van der Waals surface area contributed by atoms with Gasteiger partial charge in [-0.25, -0.2) is 0 Å². The number of nitrogens with zero attached hydrogens (tertiary/aromatic N) is 1. The Balaban J connectivity index is 1.91. The molecule has 1 saturated carbocycles. The summed E-state index contributed by atoms with van der Waals surface area (Å²) < 4.78 is 5.19. The van der Waals surface area contributed by atoms with Gasteiger partial charge < -0.3 is 10.1 Å². The molecule has 0 spiro atoms. The molecule has 2 N–H and O–H groups in total. The number of carbonyl (C=O) groups excluding carboxylic acids is 1. The van der Waals surface area contributed by atoms with Crippen molar-refractivity contribution in [3.8, 4) is 17.0 Å². The number of methoxy groups -OCH3 is 1. The van der Waals surface area contributed by atoms with Crippen LogP contribution in [0.1, 0.15) is 23.2 Å². The highest BCUT2D eigenvalue weighted by molar-refractivity contribution is 6.00. The number of hydrogen-bond acceptors (Lipinski definition) is 3. The molecule has 1 heterocycles. The number of ether oxygens (including phenoxy) is 1. The molecule has 1 aromatic carbocycles. The van der Waals surface area contributed by atoms with Gasteiger partial charge in [-0.1, -0.05) is 12.1 Å². The highest BCUT2D eigenvalue weighted by Gasteiger charge is 2.25. The van der Waals surface area contributed by atoms with Crippen LogP contribution in [0.5, 0.6) is 5.75 Å². The molecule has 1 fully saturated rings. The summed E-state index contributed by atoms with van der Waals surface area (Å²) in [4.78, 5) is 12.1. The molecule has 5 nitrogen and oxygen atoms in total. The zero-order chi connectivity index (χ0) is 13.2. The molecule has 0 aliphatic heterocycles. The molecule has 2 aromatic rings. The van der Waals surface area contributed by atoms with Crippen LogP contribution in [-0.2, 0) is 0 Å². The van der Waals surface area contributed by atoms with Crippen molar-refractivity contribution < 1.29 is 9.53 Å². The van der Waals surface area contributed by atoms with Gasteiger partial charge >= 0.3 is 0 Å². The molecule has 1 aliphatic rings. The largest absolute Gasteiger partial charge is 0.497 e. The predicted octanol–water partition coefficient (Wildman–Crippen LogP) is 1.98. The molecular weight excluding hydrogens is 242 g/mol. The van der Waals surface area contributed by atoms with E-state index >= 15 is 0 Å². The predicted molar refractivity (Wildman–Crippen MR) is 71.1 cm³/mol. The zero-order valence-electron chi connectivity index (χ0n) is 10.6. The quantitative estimate of drug-likeness (QED) is 0.880. The minimum Gasteiger partial charge on any atom is -0.497 e. The molecule has 1 amide bonds. The van der Waals surface area contributed by atoms with Crippen molar-refractivity contribution in [3.63, 3.8) is 0 Å². The van der Waals surface area contributed by atoms with E-state index in [4.69, 9.17) is 4.74 Å². The maximum absolute atomic E-state index is 12.1. The van der Waals surface area contributed by atoms with Crippen molar-refractivity contribution >= 4 is 5.91 Å². The summed E-state index contributed by atoms with van der Waals surface area (Å²) in [6.45, 7) is 0. The molecule has 0 atom stereocenters. The van der Waals surface area contributed by atoms with Crippen LogP contribution in [0, 0.1) is 0 Å². The average Bonchev–Trinajstić information content (AvgIpc) is 3.11. The lowest BCUT2D eigenvalue weighted by molar-refractivity contribution is 0.0952. The number of rotatable bonds is 4. The monoisotopic (exact) mass is 257 g/mol. The highest BCUT2D eigenvalue weighted by atomic mass is 16.5. The minimum atomic E-state index is -0.0749. The average molecular weight is 257 g/mol. The second-order valence-corrected chi connectivity index (χ2v) is 4.64. The second-order valence-electron chi connectivity index (χ2n) is 4.64. The lowest BCUT2D eigenvalue weighted by Gasteiger charge is -2.06. The van der Waals surface area contributed by atoms with Gasteiger partial charge in [-0.05, 0) is 25.0 Å². The molecular formula is C14H15N3O2. The summed E-state index contributed by atoms with van der Waals surface area (Å²) in [5, 5.41) is 9.82. The number of nitrogens with one attached hydrogen (secondary N) is 2. The van der Waals surface area contributed by atoms with Gasteiger partial charge in [0.05, 0.1) is 24.6 Å². The maximum Gasteiger partial charge on any atom is 0.255 e. The fourth-order valence-electron chi connectivity index (χ4n) is 1.95. The van der Waals surface area contributed by atoms with E-state index in [1.54, 1.807) is 13.3 Å². The Hall–Kier alpha value is -2.30. The van der Waals surface area contributed by atoms with Crippen molar-refractivity contribution in [1.29, 1.82) is 0 Å². The third-order valence-corrected chi connectivity index (χ3v) is 3.15. The number of carbonyl (C=O) groups is 1. The summed E-state index contributed by atoms with van der Waals surface area (Å²) in [5.41, 5.74) is 2.18. The van der Waals surface area contributed by atoms with Crippen LogP contribution in [0.25, 0.3) is 11.3 Å². The molecule has 1 aromatic heterocycles. The summed E-state index contributed by atoms with van der Waals surface area (Å²) >= 11 is 0. The summed E-state index contributed by atoms with van der Waals surface area (Å²) in [6, 6.07) is 7.88. The van der Waals surface area contributed by atoms with Crippen LogP contribution in [0.3, 0.4) is 0 Å². The van der Waals surface area contributed by atoms with E-state index in [0.29, 0.717) is 11.6 Å². The van der Waals surface area contributed by atoms with E-state index in [1.165, 1.54) is 0 Å². The van der Waals surface area contributed by atoms with E-state index in [1.807, 2.05) is 24.3 Å². The van der Waals surface area contributed by atoms with E-state index in [9.17, 15) is 4.79 Å². The van der Waals surface area contributed by atoms with Crippen molar-refractivity contribution in [1.82, 2.24) is 15.5 Å². The topological polar surface area (TPSA) is 67.0 Å². The van der Waals surface area contributed by atoms with Gasteiger partial charge in [0.1, 0.15) is 5.75 Å². The van der Waals surface area contributed by atoms with Gasteiger partial charge in [-0.2, -0.15) is 5.10 Å². The van der Waals surface area contributed by atoms with Crippen molar-refractivity contribution in [2.45, 2.75) is 18.9 Å². The van der Waals surface area contributed by atoms with Gasteiger partial charge in [0.15, 0.2) is 0 Å². The van der Waals surface area contributed by atoms with Crippen molar-refractivity contribution in [2.24, 2.45) is 0 Å². The molecule has 0 saturated heterocycles. The van der Waals surface area contributed by atoms with Crippen molar-refractivity contribution in [2.75, 3.05) is 7.11 Å². The van der Waals surface area contributed by atoms with Crippen LogP contribution in [0.15, 0.2) is 30.5 Å². The van der Waals surface area contributed by atoms with E-state index in [0.717, 1.165) is 29.8 Å². The number of benzene rings is 1. The molecule has 3 rings (SSSR count). The van der Waals surface area contributed by atoms with Gasteiger partial charge in [0.25, 0.3) is 5.91 Å². The first-order valence-electron chi connectivity index (χ1n) is 6.26. The Bertz CT molecular complexity index is 602. The lowest BCUT2D eigenvalue weighted by Crippen LogP contribution is -2.25. The third kappa shape index (κ3) is 2.45. The molecule has 0 radical (unpaired) electrons. The van der Waals surface area contributed by atoms with Crippen LogP contribution >= 0.6 is 0 Å². The van der Waals surface area contributed by atoms with E-state index in [2.05, 4.69) is 15.5 Å². The molecule has 0 bridgehead atoms. The first kappa shape index (κ1) is 11.8. The first-order valence-corrected chi connectivity index (χ1v) is 6.26. The SMILES string of the molecule is COc1cccc(-c2[nH]ncc2C(=O)NC2CC2)c1. The Labute approximate surface area is 111 Å². The fraction of sp³-hybridized carbons (Fsp3) is 0.286. The fourth-order valence-corrected chi connectivity index (χ4v) is 1.95. The smallest absolute Gasteiger partial charge is 0.255 e. The molecule has 0 unspecified atom stereocenters. The van der Waals surface area contributed by atoms with Gasteiger partial charge in [-0.3, -0.25) is 9.89 Å². The maximum atomic E-state index is 12.1. The number of aromatic nitrogens is 2. The number of H-pyrrole nitrogens is 1. The zero-order valence-corrected chi connectivity index (χ0v) is 10.6. The second kappa shape index (κ2) is 4.76. The van der Waals surface area contributed by atoms with E-state index < -0.39 is 0 Å². The highest BCUT2D eigenvalue weighted by Crippen LogP contribution is 2.26. The van der Waals surface area contributed by atoms with Gasteiger partial charge in [0, 0.05) is 11.6 Å². The summed E-state index contributed by atoms with van der Waals surface area (Å²) in [6.07, 6.45) is 3.70. The van der Waals surface area contributed by atoms with Gasteiger partial charge in [0.2, 0.25) is 0 Å². The number of aromatic amines is 1. The summed E-state index contributed by atoms with van der Waals surface area (Å²) in [5.74, 6) is 0.676. The Kier molecular flexibility index (Phi) is 2.95. The lowest BCUT2D eigenvalue weighted by atomic mass is 10.1. The van der Waals surface area contributed by atoms with Crippen LogP contribution in [0.4, 0.5) is 0 Å². The Morgan fingerprint density at radius 2 is 2.32 bits per heavy atom. The molecule has 1 aliphatic carbocycles. The standard InChI is InChI=1S/C14H15N3O2/c1-19-11-4-2-3-9(7-11)13-12(8-15-17-13)14(18)16-10-5-6-10/h2-4,7-8,10H,5-6H2,1H3,(H,15,17)(H,16,18). The summed E-state index contributed by atoms with van der Waals surface area (Å²) in [7, 11) is 1.62. The third-order valence-electron chi connectivity index (χ3n) is 3.15. The minimum absolute atomic E-state index is 0.0749. The van der Waals surface area contributed by atoms with Crippen LogP contribution < -0.4 is 10.1 Å². The van der Waals surface area contributed by atoms with E-state index in [-0.39, 0.29) is 5.91 Å². The normalized spacial score (nSPS) is 14.2. The molecule has 5 heteroatoms. The number of amides is 1. The number of hydrogen-bond donors (Lipinski definition) is 2. The van der Waals surface area contributed by atoms with Crippen molar-refractivity contribution in [3.05, 3.63) is 36.0 Å². The molecule has 19 heavy (non-hydrogen) atoms. The first-order chi connectivity index (χ1) is 9.28. The van der Waals surface area contributed by atoms with Crippen LogP contribution in [0.2, 0.25) is 0 Å². The Morgan fingerprint density at radius 1 is 1.47 bits per heavy atom.